The van der Waals surface area contributed by atoms with Gasteiger partial charge in [0.1, 0.15) is 0 Å². The largest absolute Gasteiger partial charge is 0.312 e. The van der Waals surface area contributed by atoms with Crippen LogP contribution in [-0.2, 0) is 16.0 Å². The SMILES string of the molecule is CC(=O)N1CCc2ccc(-c3csc(NC(=O)/C=C/c4ccc(C)cc4)n3)cc21. The smallest absolute Gasteiger partial charge is 0.250 e. The van der Waals surface area contributed by atoms with Crippen LogP contribution in [-0.4, -0.2) is 23.3 Å². The van der Waals surface area contributed by atoms with Crippen molar-refractivity contribution >= 4 is 40.0 Å². The van der Waals surface area contributed by atoms with Gasteiger partial charge in [-0.15, -0.1) is 11.3 Å². The Hall–Kier alpha value is -3.25. The van der Waals surface area contributed by atoms with Crippen molar-refractivity contribution < 1.29 is 9.59 Å². The number of hydrogen-bond acceptors (Lipinski definition) is 4. The van der Waals surface area contributed by atoms with E-state index >= 15 is 0 Å². The first-order valence-corrected chi connectivity index (χ1v) is 10.3. The van der Waals surface area contributed by atoms with Crippen molar-refractivity contribution in [3.05, 3.63) is 70.6 Å². The van der Waals surface area contributed by atoms with Gasteiger partial charge in [-0.25, -0.2) is 4.98 Å². The number of anilines is 2. The van der Waals surface area contributed by atoms with E-state index in [1.165, 1.54) is 28.5 Å². The molecule has 0 fully saturated rings. The van der Waals surface area contributed by atoms with Crippen LogP contribution in [0, 0.1) is 6.92 Å². The highest BCUT2D eigenvalue weighted by molar-refractivity contribution is 7.14. The standard InChI is InChI=1S/C23H21N3O2S/c1-15-3-5-17(6-4-15)7-10-22(28)25-23-24-20(14-29-23)19-9-8-18-11-12-26(16(2)27)21(18)13-19/h3-10,13-14H,11-12H2,1-2H3,(H,24,25,28)/b10-7+. The summed E-state index contributed by atoms with van der Waals surface area (Å²) in [6, 6.07) is 14.0. The van der Waals surface area contributed by atoms with E-state index in [4.69, 9.17) is 0 Å². The lowest BCUT2D eigenvalue weighted by atomic mass is 10.1. The van der Waals surface area contributed by atoms with Crippen LogP contribution in [0.1, 0.15) is 23.6 Å². The molecule has 0 saturated heterocycles. The van der Waals surface area contributed by atoms with Gasteiger partial charge in [0.2, 0.25) is 11.8 Å². The molecule has 29 heavy (non-hydrogen) atoms. The highest BCUT2D eigenvalue weighted by Crippen LogP contribution is 2.34. The minimum atomic E-state index is -0.219. The summed E-state index contributed by atoms with van der Waals surface area (Å²) in [5.41, 5.74) is 6.00. The van der Waals surface area contributed by atoms with Gasteiger partial charge in [0, 0.05) is 36.2 Å². The molecule has 1 aliphatic rings. The first-order valence-electron chi connectivity index (χ1n) is 9.42. The zero-order valence-corrected chi connectivity index (χ0v) is 17.1. The van der Waals surface area contributed by atoms with Gasteiger partial charge in [0.25, 0.3) is 0 Å². The fraction of sp³-hybridized carbons (Fsp3) is 0.174. The Morgan fingerprint density at radius 2 is 1.97 bits per heavy atom. The van der Waals surface area contributed by atoms with Crippen LogP contribution in [0.15, 0.2) is 53.9 Å². The molecule has 6 heteroatoms. The maximum Gasteiger partial charge on any atom is 0.250 e. The molecular weight excluding hydrogens is 382 g/mol. The number of rotatable bonds is 4. The second kappa shape index (κ2) is 8.01. The number of aryl methyl sites for hydroxylation is 1. The fourth-order valence-electron chi connectivity index (χ4n) is 3.33. The van der Waals surface area contributed by atoms with Crippen molar-refractivity contribution in [2.75, 3.05) is 16.8 Å². The molecule has 0 spiro atoms. The predicted octanol–water partition coefficient (Wildman–Crippen LogP) is 4.68. The van der Waals surface area contributed by atoms with Crippen LogP contribution in [0.2, 0.25) is 0 Å². The van der Waals surface area contributed by atoms with Gasteiger partial charge in [0.15, 0.2) is 5.13 Å². The van der Waals surface area contributed by atoms with Crippen molar-refractivity contribution in [3.63, 3.8) is 0 Å². The molecule has 0 atom stereocenters. The van der Waals surface area contributed by atoms with E-state index in [1.54, 1.807) is 17.9 Å². The third-order valence-corrected chi connectivity index (χ3v) is 5.65. The van der Waals surface area contributed by atoms with E-state index in [-0.39, 0.29) is 11.8 Å². The highest BCUT2D eigenvalue weighted by atomic mass is 32.1. The van der Waals surface area contributed by atoms with E-state index < -0.39 is 0 Å². The van der Waals surface area contributed by atoms with Crippen molar-refractivity contribution in [2.24, 2.45) is 0 Å². The van der Waals surface area contributed by atoms with Gasteiger partial charge in [0.05, 0.1) is 5.69 Å². The topological polar surface area (TPSA) is 62.3 Å². The van der Waals surface area contributed by atoms with Gasteiger partial charge in [-0.3, -0.25) is 14.9 Å². The third kappa shape index (κ3) is 4.27. The first kappa shape index (κ1) is 19.1. The van der Waals surface area contributed by atoms with Crippen molar-refractivity contribution in [1.29, 1.82) is 0 Å². The van der Waals surface area contributed by atoms with Crippen LogP contribution < -0.4 is 10.2 Å². The lowest BCUT2D eigenvalue weighted by molar-refractivity contribution is -0.116. The summed E-state index contributed by atoms with van der Waals surface area (Å²) >= 11 is 1.38. The summed E-state index contributed by atoms with van der Waals surface area (Å²) in [4.78, 5) is 30.3. The van der Waals surface area contributed by atoms with Crippen molar-refractivity contribution in [1.82, 2.24) is 4.98 Å². The zero-order valence-electron chi connectivity index (χ0n) is 16.3. The second-order valence-electron chi connectivity index (χ2n) is 7.04. The summed E-state index contributed by atoms with van der Waals surface area (Å²) in [5, 5.41) is 5.26. The van der Waals surface area contributed by atoms with Crippen LogP contribution in [0.25, 0.3) is 17.3 Å². The summed E-state index contributed by atoms with van der Waals surface area (Å²) in [5.74, 6) is -0.171. The molecule has 1 aliphatic heterocycles. The molecule has 0 bridgehead atoms. The number of nitrogens with zero attached hydrogens (tertiary/aromatic N) is 2. The number of benzene rings is 2. The average Bonchev–Trinajstić information content (AvgIpc) is 3.34. The minimum absolute atomic E-state index is 0.0486. The summed E-state index contributed by atoms with van der Waals surface area (Å²) in [7, 11) is 0. The number of hydrogen-bond donors (Lipinski definition) is 1. The van der Waals surface area contributed by atoms with Gasteiger partial charge in [-0.2, -0.15) is 0 Å². The summed E-state index contributed by atoms with van der Waals surface area (Å²) in [6.45, 7) is 4.33. The molecule has 3 aromatic rings. The van der Waals surface area contributed by atoms with E-state index in [2.05, 4.69) is 16.4 Å². The first-order chi connectivity index (χ1) is 14.0. The van der Waals surface area contributed by atoms with E-state index in [1.807, 2.05) is 48.7 Å². The second-order valence-corrected chi connectivity index (χ2v) is 7.89. The van der Waals surface area contributed by atoms with Crippen LogP contribution >= 0.6 is 11.3 Å². The van der Waals surface area contributed by atoms with Gasteiger partial charge >= 0.3 is 0 Å². The Balaban J connectivity index is 1.46. The molecule has 2 amide bonds. The Kier molecular flexibility index (Phi) is 5.27. The van der Waals surface area contributed by atoms with Crippen molar-refractivity contribution in [3.8, 4) is 11.3 Å². The number of carbonyl (C=O) groups excluding carboxylic acids is 2. The number of carbonyl (C=O) groups is 2. The third-order valence-electron chi connectivity index (χ3n) is 4.90. The number of thiazole rings is 1. The molecule has 2 heterocycles. The van der Waals surface area contributed by atoms with Gasteiger partial charge < -0.3 is 4.90 Å². The number of amides is 2. The lowest BCUT2D eigenvalue weighted by Gasteiger charge is -2.15. The Labute approximate surface area is 173 Å². The fourth-order valence-corrected chi connectivity index (χ4v) is 4.05. The Morgan fingerprint density at radius 1 is 1.17 bits per heavy atom. The molecule has 5 nitrogen and oxygen atoms in total. The van der Waals surface area contributed by atoms with Crippen LogP contribution in [0.4, 0.5) is 10.8 Å². The quantitative estimate of drug-likeness (QED) is 0.644. The van der Waals surface area contributed by atoms with E-state index in [0.29, 0.717) is 5.13 Å². The minimum Gasteiger partial charge on any atom is -0.312 e. The molecule has 146 valence electrons. The van der Waals surface area contributed by atoms with Gasteiger partial charge in [-0.05, 0) is 36.6 Å². The molecule has 1 N–H and O–H groups in total. The monoisotopic (exact) mass is 403 g/mol. The highest BCUT2D eigenvalue weighted by Gasteiger charge is 2.22. The average molecular weight is 404 g/mol. The Morgan fingerprint density at radius 3 is 2.72 bits per heavy atom. The van der Waals surface area contributed by atoms with Gasteiger partial charge in [-0.1, -0.05) is 42.0 Å². The molecule has 0 saturated carbocycles. The maximum atomic E-state index is 12.2. The number of aromatic nitrogens is 1. The maximum absolute atomic E-state index is 12.2. The van der Waals surface area contributed by atoms with Crippen LogP contribution in [0.5, 0.6) is 0 Å². The zero-order chi connectivity index (χ0) is 20.4. The predicted molar refractivity (Wildman–Crippen MR) is 118 cm³/mol. The molecular formula is C23H21N3O2S. The van der Waals surface area contributed by atoms with Crippen molar-refractivity contribution in [2.45, 2.75) is 20.3 Å². The molecule has 0 unspecified atom stereocenters. The summed E-state index contributed by atoms with van der Waals surface area (Å²) < 4.78 is 0. The lowest BCUT2D eigenvalue weighted by Crippen LogP contribution is -2.25. The molecule has 0 radical (unpaired) electrons. The normalized spacial score (nSPS) is 13.0. The van der Waals surface area contributed by atoms with E-state index in [9.17, 15) is 9.59 Å². The number of nitrogens with one attached hydrogen (secondary N) is 1. The molecule has 2 aromatic carbocycles. The van der Waals surface area contributed by atoms with Crippen LogP contribution in [0.3, 0.4) is 0 Å². The molecule has 4 rings (SSSR count). The van der Waals surface area contributed by atoms with E-state index in [0.717, 1.165) is 35.5 Å². The molecule has 1 aromatic heterocycles. The number of fused-ring (bicyclic) bond motifs is 1. The Bertz CT molecular complexity index is 1100. The molecule has 0 aliphatic carbocycles. The summed E-state index contributed by atoms with van der Waals surface area (Å²) in [6.07, 6.45) is 4.16.